The van der Waals surface area contributed by atoms with E-state index in [0.717, 1.165) is 24.3 Å². The Labute approximate surface area is 217 Å². The average molecular weight is 514 g/mol. The number of nitrogens with one attached hydrogen (secondary N) is 1. The molecule has 3 N–H and O–H groups in total. The van der Waals surface area contributed by atoms with Crippen molar-refractivity contribution in [3.8, 4) is 11.5 Å². The van der Waals surface area contributed by atoms with E-state index in [2.05, 4.69) is 12.2 Å². The van der Waals surface area contributed by atoms with E-state index in [-0.39, 0.29) is 18.6 Å². The van der Waals surface area contributed by atoms with Gasteiger partial charge >= 0.3 is 11.9 Å². The first-order valence-corrected chi connectivity index (χ1v) is 12.1. The minimum absolute atomic E-state index is 0.0347. The van der Waals surface area contributed by atoms with E-state index in [1.165, 1.54) is 25.7 Å². The zero-order chi connectivity index (χ0) is 27.5. The van der Waals surface area contributed by atoms with Gasteiger partial charge in [0.25, 0.3) is 0 Å². The molecule has 0 aliphatic rings. The lowest BCUT2D eigenvalue weighted by Gasteiger charge is -2.07. The zero-order valence-corrected chi connectivity index (χ0v) is 21.3. The maximum absolute atomic E-state index is 11.7. The van der Waals surface area contributed by atoms with Gasteiger partial charge in [-0.3, -0.25) is 14.4 Å². The predicted molar refractivity (Wildman–Crippen MR) is 140 cm³/mol. The number of benzene rings is 2. The maximum Gasteiger partial charge on any atom is 0.328 e. The molecule has 9 heteroatoms. The van der Waals surface area contributed by atoms with Crippen molar-refractivity contribution in [1.82, 2.24) is 0 Å². The number of amides is 1. The number of anilines is 1. The van der Waals surface area contributed by atoms with Crippen LogP contribution < -0.4 is 14.8 Å². The molecule has 0 unspecified atom stereocenters. The lowest BCUT2D eigenvalue weighted by Crippen LogP contribution is -2.08. The largest absolute Gasteiger partial charge is 0.497 e. The summed E-state index contributed by atoms with van der Waals surface area (Å²) in [6.45, 7) is 2.88. The summed E-state index contributed by atoms with van der Waals surface area (Å²) in [4.78, 5) is 43.5. The van der Waals surface area contributed by atoms with Crippen LogP contribution in [0.25, 0.3) is 0 Å². The minimum atomic E-state index is -1.16. The van der Waals surface area contributed by atoms with Gasteiger partial charge in [0.15, 0.2) is 5.78 Å². The normalized spacial score (nSPS) is 10.2. The third-order valence-electron chi connectivity index (χ3n) is 4.99. The lowest BCUT2D eigenvalue weighted by molar-refractivity contribution is -0.137. The molecule has 0 radical (unpaired) electrons. The molecule has 0 aliphatic heterocycles. The molecule has 0 saturated heterocycles. The van der Waals surface area contributed by atoms with Crippen LogP contribution in [-0.2, 0) is 14.4 Å². The molecule has 0 aliphatic carbocycles. The summed E-state index contributed by atoms with van der Waals surface area (Å²) in [6.07, 6.45) is 7.61. The number of aliphatic carboxylic acids is 2. The number of ether oxygens (including phenoxy) is 2. The van der Waals surface area contributed by atoms with E-state index >= 15 is 0 Å². The fourth-order valence-electron chi connectivity index (χ4n) is 3.00. The summed E-state index contributed by atoms with van der Waals surface area (Å²) >= 11 is 0. The standard InChI is InChI=1S/C17H24O4.C11H11NO4/c1-2-3-4-5-6-13-21-15-9-7-14(8-10-15)16(18)11-12-17(19)20;1-16-9-4-2-8(3-5-9)12-10(13)6-7-11(14)15/h7-10H,2-6,11-13H2,1H3,(H,19,20);2-7H,1H3,(H,12,13)(H,14,15)/b;7-6-. The lowest BCUT2D eigenvalue weighted by atomic mass is 10.1. The molecule has 0 spiro atoms. The van der Waals surface area contributed by atoms with E-state index in [1.54, 1.807) is 55.6 Å². The topological polar surface area (TPSA) is 139 Å². The maximum atomic E-state index is 11.7. The fourth-order valence-corrected chi connectivity index (χ4v) is 3.00. The van der Waals surface area contributed by atoms with Crippen LogP contribution in [-0.4, -0.2) is 47.6 Å². The van der Waals surface area contributed by atoms with Crippen LogP contribution in [0.5, 0.6) is 11.5 Å². The van der Waals surface area contributed by atoms with Crippen molar-refractivity contribution in [3.05, 3.63) is 66.2 Å². The number of methoxy groups -OCH3 is 1. The monoisotopic (exact) mass is 513 g/mol. The molecule has 2 aromatic rings. The second-order valence-electron chi connectivity index (χ2n) is 7.99. The molecule has 9 nitrogen and oxygen atoms in total. The summed E-state index contributed by atoms with van der Waals surface area (Å²) in [7, 11) is 1.54. The van der Waals surface area contributed by atoms with Gasteiger partial charge in [0.1, 0.15) is 11.5 Å². The Kier molecular flexibility index (Phi) is 15.2. The number of carboxylic acid groups (broad SMARTS) is 2. The number of ketones is 1. The van der Waals surface area contributed by atoms with Gasteiger partial charge in [-0.25, -0.2) is 4.79 Å². The third-order valence-corrected chi connectivity index (χ3v) is 4.99. The Balaban J connectivity index is 0.000000384. The van der Waals surface area contributed by atoms with Crippen LogP contribution in [0.3, 0.4) is 0 Å². The van der Waals surface area contributed by atoms with Crippen LogP contribution in [0.1, 0.15) is 62.2 Å². The Morgan fingerprint density at radius 3 is 2.00 bits per heavy atom. The van der Waals surface area contributed by atoms with Gasteiger partial charge < -0.3 is 25.0 Å². The Hall–Kier alpha value is -4.14. The Morgan fingerprint density at radius 2 is 1.43 bits per heavy atom. The second kappa shape index (κ2) is 18.2. The molecule has 0 aromatic heterocycles. The molecule has 0 atom stereocenters. The highest BCUT2D eigenvalue weighted by atomic mass is 16.5. The quantitative estimate of drug-likeness (QED) is 0.164. The van der Waals surface area contributed by atoms with Crippen molar-refractivity contribution in [3.63, 3.8) is 0 Å². The number of Topliss-reactive ketones (excluding diaryl/α,β-unsaturated/α-hetero) is 1. The first kappa shape index (κ1) is 30.9. The zero-order valence-electron chi connectivity index (χ0n) is 21.3. The number of carboxylic acids is 2. The number of hydrogen-bond acceptors (Lipinski definition) is 6. The molecular formula is C28H35NO8. The van der Waals surface area contributed by atoms with E-state index in [9.17, 15) is 19.2 Å². The highest BCUT2D eigenvalue weighted by Crippen LogP contribution is 2.16. The molecule has 0 saturated carbocycles. The van der Waals surface area contributed by atoms with E-state index < -0.39 is 17.8 Å². The molecule has 0 heterocycles. The third kappa shape index (κ3) is 14.8. The van der Waals surface area contributed by atoms with Crippen molar-refractivity contribution in [2.45, 2.75) is 51.9 Å². The highest BCUT2D eigenvalue weighted by molar-refractivity contribution is 6.02. The van der Waals surface area contributed by atoms with Gasteiger partial charge in [0.2, 0.25) is 5.91 Å². The number of unbranched alkanes of at least 4 members (excludes halogenated alkanes) is 4. The fraction of sp³-hybridized carbons (Fsp3) is 0.357. The summed E-state index contributed by atoms with van der Waals surface area (Å²) in [5.41, 5.74) is 1.10. The van der Waals surface area contributed by atoms with Crippen molar-refractivity contribution < 1.29 is 38.9 Å². The second-order valence-corrected chi connectivity index (χ2v) is 7.99. The van der Waals surface area contributed by atoms with Gasteiger partial charge in [0.05, 0.1) is 20.1 Å². The molecule has 37 heavy (non-hydrogen) atoms. The number of hydrogen-bond donors (Lipinski definition) is 3. The van der Waals surface area contributed by atoms with Crippen molar-refractivity contribution >= 4 is 29.3 Å². The number of carbonyl (C=O) groups is 4. The molecule has 0 bridgehead atoms. The molecular weight excluding hydrogens is 478 g/mol. The SMILES string of the molecule is CCCCCCCOc1ccc(C(=O)CCC(=O)O)cc1.COc1ccc(NC(=O)/C=C\C(=O)O)cc1. The van der Waals surface area contributed by atoms with Crippen LogP contribution in [0.2, 0.25) is 0 Å². The number of carbonyl (C=O) groups excluding carboxylic acids is 2. The Morgan fingerprint density at radius 1 is 0.811 bits per heavy atom. The van der Waals surface area contributed by atoms with Crippen LogP contribution >= 0.6 is 0 Å². The van der Waals surface area contributed by atoms with Crippen LogP contribution in [0.15, 0.2) is 60.7 Å². The van der Waals surface area contributed by atoms with E-state index in [0.29, 0.717) is 23.6 Å². The summed E-state index contributed by atoms with van der Waals surface area (Å²) in [5.74, 6) is -1.33. The van der Waals surface area contributed by atoms with Gasteiger partial charge in [0, 0.05) is 29.8 Å². The average Bonchev–Trinajstić information content (AvgIpc) is 2.89. The first-order chi connectivity index (χ1) is 17.7. The molecule has 2 rings (SSSR count). The van der Waals surface area contributed by atoms with E-state index in [1.807, 2.05) is 0 Å². The van der Waals surface area contributed by atoms with Crippen molar-refractivity contribution in [1.29, 1.82) is 0 Å². The first-order valence-electron chi connectivity index (χ1n) is 12.1. The van der Waals surface area contributed by atoms with Crippen LogP contribution in [0, 0.1) is 0 Å². The molecule has 200 valence electrons. The summed E-state index contributed by atoms with van der Waals surface area (Å²) in [6, 6.07) is 13.6. The highest BCUT2D eigenvalue weighted by Gasteiger charge is 2.08. The van der Waals surface area contributed by atoms with Crippen molar-refractivity contribution in [2.24, 2.45) is 0 Å². The minimum Gasteiger partial charge on any atom is -0.497 e. The van der Waals surface area contributed by atoms with Gasteiger partial charge in [-0.2, -0.15) is 0 Å². The summed E-state index contributed by atoms with van der Waals surface area (Å²) in [5, 5.41) is 19.4. The summed E-state index contributed by atoms with van der Waals surface area (Å²) < 4.78 is 10.6. The van der Waals surface area contributed by atoms with Crippen LogP contribution in [0.4, 0.5) is 5.69 Å². The molecule has 1 amide bonds. The molecule has 0 fully saturated rings. The number of rotatable bonds is 15. The Bertz CT molecular complexity index is 1010. The van der Waals surface area contributed by atoms with Gasteiger partial charge in [-0.15, -0.1) is 0 Å². The van der Waals surface area contributed by atoms with Gasteiger partial charge in [-0.05, 0) is 55.0 Å². The predicted octanol–water partition coefficient (Wildman–Crippen LogP) is 5.36. The van der Waals surface area contributed by atoms with Crippen molar-refractivity contribution in [2.75, 3.05) is 19.0 Å². The van der Waals surface area contributed by atoms with E-state index in [4.69, 9.17) is 19.7 Å². The smallest absolute Gasteiger partial charge is 0.328 e. The van der Waals surface area contributed by atoms with Gasteiger partial charge in [-0.1, -0.05) is 32.6 Å². The molecule has 2 aromatic carbocycles.